The number of fused-ring (bicyclic) bond motifs is 3. The van der Waals surface area contributed by atoms with Gasteiger partial charge in [0.2, 0.25) is 0 Å². The maximum Gasteiger partial charge on any atom is 0.339 e. The lowest BCUT2D eigenvalue weighted by atomic mass is 9.81. The van der Waals surface area contributed by atoms with E-state index in [-0.39, 0.29) is 18.0 Å². The molecule has 1 amide bonds. The number of halogens is 1. The van der Waals surface area contributed by atoms with Crippen LogP contribution in [0.15, 0.2) is 48.7 Å². The highest BCUT2D eigenvalue weighted by molar-refractivity contribution is 6.17. The molecule has 7 nitrogen and oxygen atoms in total. The van der Waals surface area contributed by atoms with Crippen LogP contribution >= 0.6 is 0 Å². The predicted molar refractivity (Wildman–Crippen MR) is 145 cm³/mol. The lowest BCUT2D eigenvalue weighted by molar-refractivity contribution is -0.130. The second kappa shape index (κ2) is 10.6. The molecule has 0 spiro atoms. The summed E-state index contributed by atoms with van der Waals surface area (Å²) < 4.78 is 19.8. The van der Waals surface area contributed by atoms with Crippen LogP contribution in [0.4, 0.5) is 4.39 Å². The van der Waals surface area contributed by atoms with Crippen LogP contribution in [0.25, 0.3) is 16.5 Å². The van der Waals surface area contributed by atoms with E-state index in [1.807, 2.05) is 13.8 Å². The lowest BCUT2D eigenvalue weighted by Crippen LogP contribution is -2.36. The third-order valence-corrected chi connectivity index (χ3v) is 7.49. The Hall–Kier alpha value is -3.65. The molecule has 0 saturated carbocycles. The van der Waals surface area contributed by atoms with Crippen molar-refractivity contribution in [1.29, 1.82) is 0 Å². The largest absolute Gasteiger partial charge is 0.494 e. The summed E-state index contributed by atoms with van der Waals surface area (Å²) in [5, 5.41) is 10.8. The van der Waals surface area contributed by atoms with Crippen molar-refractivity contribution in [3.05, 3.63) is 71.3 Å². The highest BCUT2D eigenvalue weighted by Crippen LogP contribution is 2.40. The molecule has 200 valence electrons. The molecule has 0 radical (unpaired) electrons. The van der Waals surface area contributed by atoms with E-state index in [1.54, 1.807) is 30.3 Å². The van der Waals surface area contributed by atoms with Gasteiger partial charge in [-0.1, -0.05) is 20.3 Å². The van der Waals surface area contributed by atoms with Crippen LogP contribution < -0.4 is 4.74 Å². The van der Waals surface area contributed by atoms with E-state index in [4.69, 9.17) is 4.74 Å². The summed E-state index contributed by atoms with van der Waals surface area (Å²) in [7, 11) is 0. The molecular weight excluding hydrogens is 485 g/mol. The van der Waals surface area contributed by atoms with Crippen molar-refractivity contribution >= 4 is 28.4 Å². The smallest absolute Gasteiger partial charge is 0.339 e. The van der Waals surface area contributed by atoms with Gasteiger partial charge in [0.05, 0.1) is 17.9 Å². The molecule has 1 fully saturated rings. The molecule has 38 heavy (non-hydrogen) atoms. The van der Waals surface area contributed by atoms with Crippen molar-refractivity contribution < 1.29 is 23.8 Å². The van der Waals surface area contributed by atoms with Crippen LogP contribution in [0, 0.1) is 5.82 Å². The Morgan fingerprint density at radius 2 is 1.82 bits per heavy atom. The fourth-order valence-corrected chi connectivity index (χ4v) is 5.66. The Balaban J connectivity index is 1.32. The summed E-state index contributed by atoms with van der Waals surface area (Å²) in [5.74, 6) is -1.17. The van der Waals surface area contributed by atoms with Gasteiger partial charge in [0, 0.05) is 41.2 Å². The van der Waals surface area contributed by atoms with Gasteiger partial charge in [-0.05, 0) is 80.4 Å². The monoisotopic (exact) mass is 519 g/mol. The van der Waals surface area contributed by atoms with Gasteiger partial charge >= 0.3 is 5.97 Å². The van der Waals surface area contributed by atoms with E-state index >= 15 is 0 Å². The first-order chi connectivity index (χ1) is 18.2. The van der Waals surface area contributed by atoms with E-state index in [0.29, 0.717) is 29.1 Å². The third kappa shape index (κ3) is 5.31. The third-order valence-electron chi connectivity index (χ3n) is 7.49. The van der Waals surface area contributed by atoms with Gasteiger partial charge in [-0.2, -0.15) is 0 Å². The molecule has 0 unspecified atom stereocenters. The number of nitrogens with zero attached hydrogens (tertiary/aromatic N) is 2. The molecule has 5 rings (SSSR count). The number of carbonyl (C=O) groups excluding carboxylic acids is 1. The van der Waals surface area contributed by atoms with Crippen molar-refractivity contribution in [3.8, 4) is 5.75 Å². The number of benzene rings is 2. The molecule has 0 atom stereocenters. The van der Waals surface area contributed by atoms with Crippen LogP contribution in [0.5, 0.6) is 5.75 Å². The predicted octanol–water partition coefficient (Wildman–Crippen LogP) is 5.42. The second-order valence-electron chi connectivity index (χ2n) is 10.9. The number of hydrogen-bond donors (Lipinski definition) is 2. The van der Waals surface area contributed by atoms with Gasteiger partial charge in [0.25, 0.3) is 5.91 Å². The number of carbonyl (C=O) groups is 2. The number of aromatic nitrogens is 1. The highest BCUT2D eigenvalue weighted by Gasteiger charge is 2.37. The Labute approximate surface area is 221 Å². The quantitative estimate of drug-likeness (QED) is 0.407. The molecule has 2 aliphatic rings. The minimum Gasteiger partial charge on any atom is -0.494 e. The normalized spacial score (nSPS) is 17.6. The highest BCUT2D eigenvalue weighted by atomic mass is 19.1. The number of carboxylic acids is 1. The molecule has 2 aliphatic heterocycles. The van der Waals surface area contributed by atoms with Gasteiger partial charge in [0.1, 0.15) is 11.6 Å². The Morgan fingerprint density at radius 3 is 2.53 bits per heavy atom. The average Bonchev–Trinajstić information content (AvgIpc) is 3.23. The maximum atomic E-state index is 13.9. The molecule has 2 aromatic carbocycles. The molecule has 2 N–H and O–H groups in total. The van der Waals surface area contributed by atoms with E-state index in [1.165, 1.54) is 55.6 Å². The number of likely N-dealkylation sites (tertiary alicyclic amines) is 1. The fraction of sp³-hybridized carbons (Fsp3) is 0.400. The first-order valence-corrected chi connectivity index (χ1v) is 13.3. The minimum absolute atomic E-state index is 0.0378. The molecule has 8 heteroatoms. The first-order valence-electron chi connectivity index (χ1n) is 13.3. The zero-order valence-electron chi connectivity index (χ0n) is 21.9. The van der Waals surface area contributed by atoms with Crippen molar-refractivity contribution in [3.63, 3.8) is 0 Å². The van der Waals surface area contributed by atoms with Crippen molar-refractivity contribution in [1.82, 2.24) is 14.8 Å². The number of nitrogens with one attached hydrogen (secondary N) is 1. The van der Waals surface area contributed by atoms with Crippen molar-refractivity contribution in [2.75, 3.05) is 32.8 Å². The molecule has 1 aromatic heterocycles. The Bertz CT molecular complexity index is 1370. The molecule has 3 aromatic rings. The summed E-state index contributed by atoms with van der Waals surface area (Å²) in [6, 6.07) is 11.4. The number of amides is 1. The van der Waals surface area contributed by atoms with Gasteiger partial charge < -0.3 is 24.6 Å². The Morgan fingerprint density at radius 1 is 1.08 bits per heavy atom. The van der Waals surface area contributed by atoms with E-state index < -0.39 is 17.2 Å². The van der Waals surface area contributed by atoms with Crippen LogP contribution in [0.2, 0.25) is 0 Å². The van der Waals surface area contributed by atoms with E-state index in [2.05, 4.69) is 9.88 Å². The molecule has 1 saturated heterocycles. The van der Waals surface area contributed by atoms with Crippen molar-refractivity contribution in [2.45, 2.75) is 44.9 Å². The van der Waals surface area contributed by atoms with E-state index in [9.17, 15) is 19.1 Å². The summed E-state index contributed by atoms with van der Waals surface area (Å²) in [4.78, 5) is 32.8. The Kier molecular flexibility index (Phi) is 7.25. The second-order valence-corrected chi connectivity index (χ2v) is 10.9. The van der Waals surface area contributed by atoms with Gasteiger partial charge in [-0.3, -0.25) is 4.79 Å². The fourth-order valence-electron chi connectivity index (χ4n) is 5.66. The van der Waals surface area contributed by atoms with Crippen molar-refractivity contribution in [2.24, 2.45) is 0 Å². The number of piperidine rings is 1. The summed E-state index contributed by atoms with van der Waals surface area (Å²) in [6.07, 6.45) is 6.21. The maximum absolute atomic E-state index is 13.9. The summed E-state index contributed by atoms with van der Waals surface area (Å²) >= 11 is 0. The molecule has 0 aliphatic carbocycles. The number of rotatable bonds is 7. The number of aromatic amines is 1. The number of hydrogen-bond acceptors (Lipinski definition) is 4. The van der Waals surface area contributed by atoms with Crippen LogP contribution in [-0.2, 0) is 10.2 Å². The minimum atomic E-state index is -1.16. The number of carboxylic acid groups (broad SMARTS) is 1. The van der Waals surface area contributed by atoms with E-state index in [0.717, 1.165) is 23.9 Å². The van der Waals surface area contributed by atoms with Crippen LogP contribution in [0.3, 0.4) is 0 Å². The topological polar surface area (TPSA) is 85.9 Å². The lowest BCUT2D eigenvalue weighted by Gasteiger charge is -2.29. The van der Waals surface area contributed by atoms with Crippen LogP contribution in [-0.4, -0.2) is 64.6 Å². The first kappa shape index (κ1) is 26.0. The summed E-state index contributed by atoms with van der Waals surface area (Å²) in [5.41, 5.74) is 1.48. The number of H-pyrrole nitrogens is 1. The average molecular weight is 520 g/mol. The van der Waals surface area contributed by atoms with Crippen LogP contribution in [0.1, 0.15) is 61.1 Å². The molecule has 3 heterocycles. The SMILES string of the molecule is CC1(C)CN(C(=O)c2ccc(OCCCN3CCCCC3)cc2)C=C(C(=O)O)c2[nH]c3cc(F)ccc3c21. The van der Waals surface area contributed by atoms with Gasteiger partial charge in [-0.15, -0.1) is 0 Å². The number of aliphatic carboxylic acids is 1. The summed E-state index contributed by atoms with van der Waals surface area (Å²) in [6.45, 7) is 8.17. The van der Waals surface area contributed by atoms with Gasteiger partial charge in [-0.25, -0.2) is 9.18 Å². The zero-order chi connectivity index (χ0) is 26.9. The molecular formula is C30H34FN3O4. The number of ether oxygens (including phenoxy) is 1. The van der Waals surface area contributed by atoms with Gasteiger partial charge in [0.15, 0.2) is 0 Å². The standard InChI is InChI=1S/C30H34FN3O4/c1-30(2)19-34(18-24(29(36)37)27-26(30)23-12-9-21(31)17-25(23)32-27)28(35)20-7-10-22(11-8-20)38-16-6-15-33-13-4-3-5-14-33/h7-12,17-18,32H,3-6,13-16,19H2,1-2H3,(H,36,37). The molecule has 0 bridgehead atoms. The zero-order valence-corrected chi connectivity index (χ0v) is 21.9.